The van der Waals surface area contributed by atoms with E-state index in [0.29, 0.717) is 18.1 Å². The Labute approximate surface area is 105 Å². The van der Waals surface area contributed by atoms with E-state index in [1.807, 2.05) is 0 Å². The molecule has 100 valence electrons. The zero-order chi connectivity index (χ0) is 12.1. The molecule has 2 fully saturated rings. The molecule has 0 radical (unpaired) electrons. The van der Waals surface area contributed by atoms with Gasteiger partial charge in [0.15, 0.2) is 0 Å². The normalized spacial score (nSPS) is 30.4. The standard InChI is InChI=1S/C14H28N2O/c15-11-14(7-3-1-4-8-14)12-16-9-5-2-6-13(16)10-17/h13,17H,1-12,15H2. The van der Waals surface area contributed by atoms with Gasteiger partial charge in [-0.3, -0.25) is 4.90 Å². The summed E-state index contributed by atoms with van der Waals surface area (Å²) in [5.74, 6) is 0. The van der Waals surface area contributed by atoms with Crippen LogP contribution in [-0.2, 0) is 0 Å². The number of nitrogens with zero attached hydrogens (tertiary/aromatic N) is 1. The minimum atomic E-state index is 0.320. The van der Waals surface area contributed by atoms with Crippen LogP contribution in [0.4, 0.5) is 0 Å². The predicted molar refractivity (Wildman–Crippen MR) is 70.9 cm³/mol. The number of hydrogen-bond acceptors (Lipinski definition) is 3. The number of aliphatic hydroxyl groups excluding tert-OH is 1. The summed E-state index contributed by atoms with van der Waals surface area (Å²) in [4.78, 5) is 2.52. The van der Waals surface area contributed by atoms with Gasteiger partial charge in [-0.25, -0.2) is 0 Å². The maximum absolute atomic E-state index is 9.47. The van der Waals surface area contributed by atoms with Gasteiger partial charge in [0.1, 0.15) is 0 Å². The maximum atomic E-state index is 9.47. The monoisotopic (exact) mass is 240 g/mol. The van der Waals surface area contributed by atoms with E-state index in [2.05, 4.69) is 4.90 Å². The van der Waals surface area contributed by atoms with E-state index >= 15 is 0 Å². The zero-order valence-corrected chi connectivity index (χ0v) is 11.0. The molecule has 1 saturated carbocycles. The van der Waals surface area contributed by atoms with Crippen molar-refractivity contribution in [3.63, 3.8) is 0 Å². The van der Waals surface area contributed by atoms with Crippen molar-refractivity contribution in [3.8, 4) is 0 Å². The minimum Gasteiger partial charge on any atom is -0.395 e. The number of piperidine rings is 1. The van der Waals surface area contributed by atoms with Crippen molar-refractivity contribution in [2.45, 2.75) is 57.4 Å². The van der Waals surface area contributed by atoms with Gasteiger partial charge in [-0.15, -0.1) is 0 Å². The second-order valence-electron chi connectivity index (χ2n) is 6.07. The third-order valence-corrected chi connectivity index (χ3v) is 4.85. The van der Waals surface area contributed by atoms with E-state index in [1.54, 1.807) is 0 Å². The highest BCUT2D eigenvalue weighted by Gasteiger charge is 2.35. The van der Waals surface area contributed by atoms with Gasteiger partial charge in [0.2, 0.25) is 0 Å². The van der Waals surface area contributed by atoms with Gasteiger partial charge in [-0.1, -0.05) is 25.7 Å². The summed E-state index contributed by atoms with van der Waals surface area (Å²) in [5.41, 5.74) is 6.40. The SMILES string of the molecule is NCC1(CN2CCCCC2CO)CCCCC1. The lowest BCUT2D eigenvalue weighted by molar-refractivity contribution is 0.0348. The van der Waals surface area contributed by atoms with Crippen LogP contribution >= 0.6 is 0 Å². The van der Waals surface area contributed by atoms with Crippen molar-refractivity contribution in [2.75, 3.05) is 26.2 Å². The molecule has 2 rings (SSSR count). The molecule has 17 heavy (non-hydrogen) atoms. The van der Waals surface area contributed by atoms with Crippen LogP contribution < -0.4 is 5.73 Å². The zero-order valence-electron chi connectivity index (χ0n) is 11.0. The highest BCUT2D eigenvalue weighted by molar-refractivity contribution is 4.89. The van der Waals surface area contributed by atoms with Crippen molar-refractivity contribution in [1.82, 2.24) is 4.90 Å². The van der Waals surface area contributed by atoms with Crippen LogP contribution in [0.3, 0.4) is 0 Å². The van der Waals surface area contributed by atoms with Gasteiger partial charge in [-0.2, -0.15) is 0 Å². The largest absolute Gasteiger partial charge is 0.395 e. The summed E-state index contributed by atoms with van der Waals surface area (Å²) < 4.78 is 0. The number of rotatable bonds is 4. The second kappa shape index (κ2) is 6.17. The van der Waals surface area contributed by atoms with Crippen molar-refractivity contribution >= 4 is 0 Å². The van der Waals surface area contributed by atoms with Crippen LogP contribution in [0, 0.1) is 5.41 Å². The topological polar surface area (TPSA) is 49.5 Å². The Morgan fingerprint density at radius 3 is 2.53 bits per heavy atom. The fourth-order valence-corrected chi connectivity index (χ4v) is 3.63. The molecular weight excluding hydrogens is 212 g/mol. The molecule has 3 N–H and O–H groups in total. The van der Waals surface area contributed by atoms with Crippen LogP contribution in [0.25, 0.3) is 0 Å². The number of nitrogens with two attached hydrogens (primary N) is 1. The fraction of sp³-hybridized carbons (Fsp3) is 1.00. The lowest BCUT2D eigenvalue weighted by Gasteiger charge is -2.44. The molecule has 0 aromatic rings. The van der Waals surface area contributed by atoms with Crippen molar-refractivity contribution in [1.29, 1.82) is 0 Å². The lowest BCUT2D eigenvalue weighted by atomic mass is 9.73. The number of likely N-dealkylation sites (tertiary alicyclic amines) is 1. The molecule has 1 unspecified atom stereocenters. The molecule has 0 aromatic heterocycles. The van der Waals surface area contributed by atoms with Gasteiger partial charge >= 0.3 is 0 Å². The Balaban J connectivity index is 1.96. The van der Waals surface area contributed by atoms with E-state index in [0.717, 1.165) is 26.1 Å². The van der Waals surface area contributed by atoms with Gasteiger partial charge in [-0.05, 0) is 44.2 Å². The first kappa shape index (κ1) is 13.3. The molecular formula is C14H28N2O. The van der Waals surface area contributed by atoms with Gasteiger partial charge in [0.05, 0.1) is 6.61 Å². The quantitative estimate of drug-likeness (QED) is 0.787. The van der Waals surface area contributed by atoms with Crippen molar-refractivity contribution in [2.24, 2.45) is 11.1 Å². The first-order valence-electron chi connectivity index (χ1n) is 7.35. The smallest absolute Gasteiger partial charge is 0.0586 e. The summed E-state index contributed by atoms with van der Waals surface area (Å²) in [6.45, 7) is 3.42. The Kier molecular flexibility index (Phi) is 4.83. The maximum Gasteiger partial charge on any atom is 0.0586 e. The Morgan fingerprint density at radius 1 is 1.12 bits per heavy atom. The third-order valence-electron chi connectivity index (χ3n) is 4.85. The first-order valence-corrected chi connectivity index (χ1v) is 7.35. The highest BCUT2D eigenvalue weighted by atomic mass is 16.3. The second-order valence-corrected chi connectivity index (χ2v) is 6.07. The number of aliphatic hydroxyl groups is 1. The van der Waals surface area contributed by atoms with Crippen molar-refractivity contribution in [3.05, 3.63) is 0 Å². The minimum absolute atomic E-state index is 0.320. The van der Waals surface area contributed by atoms with E-state index in [1.165, 1.54) is 44.9 Å². The summed E-state index contributed by atoms with van der Waals surface area (Å²) in [7, 11) is 0. The average molecular weight is 240 g/mol. The average Bonchev–Trinajstić information content (AvgIpc) is 2.40. The molecule has 1 atom stereocenters. The summed E-state index contributed by atoms with van der Waals surface area (Å²) >= 11 is 0. The lowest BCUT2D eigenvalue weighted by Crippen LogP contribution is -2.50. The Bertz CT molecular complexity index is 226. The van der Waals surface area contributed by atoms with Gasteiger partial charge in [0.25, 0.3) is 0 Å². The molecule has 1 aliphatic carbocycles. The van der Waals surface area contributed by atoms with E-state index in [-0.39, 0.29) is 0 Å². The van der Waals surface area contributed by atoms with Gasteiger partial charge in [0, 0.05) is 12.6 Å². The summed E-state index contributed by atoms with van der Waals surface area (Å²) in [6, 6.07) is 0.397. The van der Waals surface area contributed by atoms with Crippen LogP contribution in [-0.4, -0.2) is 42.3 Å². The molecule has 2 aliphatic rings. The van der Waals surface area contributed by atoms with Crippen LogP contribution in [0.5, 0.6) is 0 Å². The number of hydrogen-bond donors (Lipinski definition) is 2. The van der Waals surface area contributed by atoms with E-state index in [9.17, 15) is 5.11 Å². The Hall–Kier alpha value is -0.120. The molecule has 1 aliphatic heterocycles. The molecule has 3 heteroatoms. The van der Waals surface area contributed by atoms with Crippen molar-refractivity contribution < 1.29 is 5.11 Å². The summed E-state index contributed by atoms with van der Waals surface area (Å²) in [6.07, 6.45) is 10.4. The summed E-state index contributed by atoms with van der Waals surface area (Å²) in [5, 5.41) is 9.47. The molecule has 0 bridgehead atoms. The van der Waals surface area contributed by atoms with Crippen LogP contribution in [0.1, 0.15) is 51.4 Å². The molecule has 1 saturated heterocycles. The molecule has 0 aromatic carbocycles. The first-order chi connectivity index (χ1) is 8.29. The predicted octanol–water partition coefficient (Wildman–Crippen LogP) is 1.74. The molecule has 0 spiro atoms. The van der Waals surface area contributed by atoms with Gasteiger partial charge < -0.3 is 10.8 Å². The molecule has 0 amide bonds. The molecule has 3 nitrogen and oxygen atoms in total. The third kappa shape index (κ3) is 3.21. The van der Waals surface area contributed by atoms with E-state index < -0.39 is 0 Å². The van der Waals surface area contributed by atoms with Crippen LogP contribution in [0.15, 0.2) is 0 Å². The highest BCUT2D eigenvalue weighted by Crippen LogP contribution is 2.37. The Morgan fingerprint density at radius 2 is 1.88 bits per heavy atom. The van der Waals surface area contributed by atoms with Crippen LogP contribution in [0.2, 0.25) is 0 Å². The van der Waals surface area contributed by atoms with E-state index in [4.69, 9.17) is 5.73 Å². The fourth-order valence-electron chi connectivity index (χ4n) is 3.63. The molecule has 1 heterocycles.